The molecule has 1 aromatic heterocycles. The van der Waals surface area contributed by atoms with Crippen LogP contribution < -0.4 is 5.32 Å². The van der Waals surface area contributed by atoms with Gasteiger partial charge < -0.3 is 10.1 Å². The molecule has 1 N–H and O–H groups in total. The second-order valence-corrected chi connectivity index (χ2v) is 5.65. The summed E-state index contributed by atoms with van der Waals surface area (Å²) in [4.78, 5) is 32.0. The minimum atomic E-state index is -0.805. The first kappa shape index (κ1) is 15.4. The van der Waals surface area contributed by atoms with Crippen molar-refractivity contribution in [1.29, 1.82) is 0 Å². The van der Waals surface area contributed by atoms with Crippen LogP contribution in [-0.2, 0) is 9.53 Å². The molecule has 21 heavy (non-hydrogen) atoms. The standard InChI is InChI=1S/C15H21N3O3/c1-10(2)13(14(19)18-11-5-3-4-6-11)21-15(20)12-9-16-7-8-17-12/h7-11,13H,3-6H2,1-2H3,(H,18,19)/t13-/m1/s1. The van der Waals surface area contributed by atoms with Crippen molar-refractivity contribution in [2.45, 2.75) is 51.7 Å². The molecule has 1 heterocycles. The molecule has 1 fully saturated rings. The van der Waals surface area contributed by atoms with Gasteiger partial charge in [0.05, 0.1) is 6.20 Å². The normalized spacial score (nSPS) is 16.7. The number of nitrogens with one attached hydrogen (secondary N) is 1. The lowest BCUT2D eigenvalue weighted by Crippen LogP contribution is -2.44. The fraction of sp³-hybridized carbons (Fsp3) is 0.600. The molecule has 114 valence electrons. The second kappa shape index (κ2) is 7.15. The number of hydrogen-bond acceptors (Lipinski definition) is 5. The van der Waals surface area contributed by atoms with Gasteiger partial charge in [0.2, 0.25) is 0 Å². The van der Waals surface area contributed by atoms with Crippen molar-refractivity contribution < 1.29 is 14.3 Å². The molecule has 0 bridgehead atoms. The predicted octanol–water partition coefficient (Wildman–Crippen LogP) is 1.72. The Morgan fingerprint density at radius 1 is 1.29 bits per heavy atom. The summed E-state index contributed by atoms with van der Waals surface area (Å²) in [6.07, 6.45) is 7.68. The zero-order valence-electron chi connectivity index (χ0n) is 12.4. The fourth-order valence-corrected chi connectivity index (χ4v) is 2.43. The average Bonchev–Trinajstić information content (AvgIpc) is 2.97. The van der Waals surface area contributed by atoms with Gasteiger partial charge in [0.1, 0.15) is 0 Å². The first-order chi connectivity index (χ1) is 10.1. The smallest absolute Gasteiger partial charge is 0.359 e. The Morgan fingerprint density at radius 3 is 2.57 bits per heavy atom. The molecule has 0 saturated heterocycles. The highest BCUT2D eigenvalue weighted by Gasteiger charge is 2.29. The zero-order chi connectivity index (χ0) is 15.2. The third kappa shape index (κ3) is 4.24. The van der Waals surface area contributed by atoms with Crippen LogP contribution >= 0.6 is 0 Å². The maximum Gasteiger partial charge on any atom is 0.359 e. The summed E-state index contributed by atoms with van der Waals surface area (Å²) in [6, 6.07) is 0.203. The molecular weight excluding hydrogens is 270 g/mol. The molecule has 0 aromatic carbocycles. The SMILES string of the molecule is CC(C)[C@@H](OC(=O)c1cnccn1)C(=O)NC1CCCC1. The van der Waals surface area contributed by atoms with Crippen LogP contribution in [0, 0.1) is 5.92 Å². The lowest BCUT2D eigenvalue weighted by atomic mass is 10.1. The number of ether oxygens (including phenoxy) is 1. The van der Waals surface area contributed by atoms with Crippen molar-refractivity contribution in [1.82, 2.24) is 15.3 Å². The number of rotatable bonds is 5. The molecule has 1 aromatic rings. The van der Waals surface area contributed by atoms with Gasteiger partial charge in [-0.15, -0.1) is 0 Å². The van der Waals surface area contributed by atoms with Gasteiger partial charge in [-0.3, -0.25) is 9.78 Å². The number of carbonyl (C=O) groups excluding carboxylic acids is 2. The summed E-state index contributed by atoms with van der Waals surface area (Å²) in [5.41, 5.74) is 0.108. The van der Waals surface area contributed by atoms with Crippen LogP contribution in [0.3, 0.4) is 0 Å². The van der Waals surface area contributed by atoms with E-state index in [0.717, 1.165) is 25.7 Å². The van der Waals surface area contributed by atoms with Crippen LogP contribution in [0.2, 0.25) is 0 Å². The van der Waals surface area contributed by atoms with E-state index in [1.165, 1.54) is 18.6 Å². The highest BCUT2D eigenvalue weighted by atomic mass is 16.5. The van der Waals surface area contributed by atoms with E-state index < -0.39 is 12.1 Å². The molecule has 1 aliphatic rings. The summed E-state index contributed by atoms with van der Waals surface area (Å²) in [7, 11) is 0. The number of nitrogens with zero attached hydrogens (tertiary/aromatic N) is 2. The molecule has 6 nitrogen and oxygen atoms in total. The van der Waals surface area contributed by atoms with Crippen molar-refractivity contribution in [3.8, 4) is 0 Å². The van der Waals surface area contributed by atoms with Gasteiger partial charge in [-0.05, 0) is 18.8 Å². The van der Waals surface area contributed by atoms with Crippen molar-refractivity contribution in [3.05, 3.63) is 24.3 Å². The van der Waals surface area contributed by atoms with Gasteiger partial charge in [0.15, 0.2) is 11.8 Å². The van der Waals surface area contributed by atoms with E-state index in [1.807, 2.05) is 13.8 Å². The van der Waals surface area contributed by atoms with Crippen LogP contribution in [0.4, 0.5) is 0 Å². The van der Waals surface area contributed by atoms with Crippen molar-refractivity contribution >= 4 is 11.9 Å². The summed E-state index contributed by atoms with van der Waals surface area (Å²) in [5.74, 6) is -0.954. The lowest BCUT2D eigenvalue weighted by Gasteiger charge is -2.22. The van der Waals surface area contributed by atoms with Gasteiger partial charge in [-0.25, -0.2) is 9.78 Å². The van der Waals surface area contributed by atoms with E-state index >= 15 is 0 Å². The fourth-order valence-electron chi connectivity index (χ4n) is 2.43. The van der Waals surface area contributed by atoms with Crippen LogP contribution in [0.25, 0.3) is 0 Å². The van der Waals surface area contributed by atoms with Crippen molar-refractivity contribution in [2.75, 3.05) is 0 Å². The molecule has 1 aliphatic carbocycles. The molecule has 0 spiro atoms. The minimum absolute atomic E-state index is 0.105. The van der Waals surface area contributed by atoms with Crippen LogP contribution in [0.1, 0.15) is 50.0 Å². The van der Waals surface area contributed by atoms with Gasteiger partial charge in [0, 0.05) is 18.4 Å². The van der Waals surface area contributed by atoms with Crippen LogP contribution in [-0.4, -0.2) is 34.0 Å². The largest absolute Gasteiger partial charge is 0.447 e. The molecule has 1 amide bonds. The van der Waals surface area contributed by atoms with E-state index in [-0.39, 0.29) is 23.6 Å². The number of amides is 1. The Morgan fingerprint density at radius 2 is 2.00 bits per heavy atom. The second-order valence-electron chi connectivity index (χ2n) is 5.65. The Labute approximate surface area is 124 Å². The third-order valence-corrected chi connectivity index (χ3v) is 3.57. The first-order valence-electron chi connectivity index (χ1n) is 7.35. The van der Waals surface area contributed by atoms with E-state index in [9.17, 15) is 9.59 Å². The molecule has 2 rings (SSSR count). The maximum atomic E-state index is 12.3. The predicted molar refractivity (Wildman–Crippen MR) is 76.5 cm³/mol. The highest BCUT2D eigenvalue weighted by molar-refractivity contribution is 5.90. The number of aromatic nitrogens is 2. The number of esters is 1. The molecule has 6 heteroatoms. The van der Waals surface area contributed by atoms with E-state index in [0.29, 0.717) is 0 Å². The Hall–Kier alpha value is -1.98. The maximum absolute atomic E-state index is 12.3. The third-order valence-electron chi connectivity index (χ3n) is 3.57. The summed E-state index contributed by atoms with van der Waals surface area (Å²) < 4.78 is 5.32. The molecule has 1 atom stereocenters. The molecule has 0 unspecified atom stereocenters. The lowest BCUT2D eigenvalue weighted by molar-refractivity contribution is -0.132. The number of carbonyl (C=O) groups is 2. The molecule has 1 saturated carbocycles. The minimum Gasteiger partial charge on any atom is -0.447 e. The van der Waals surface area contributed by atoms with Crippen molar-refractivity contribution in [2.24, 2.45) is 5.92 Å². The quantitative estimate of drug-likeness (QED) is 0.835. The van der Waals surface area contributed by atoms with Gasteiger partial charge in [-0.2, -0.15) is 0 Å². The molecule has 0 aliphatic heterocycles. The van der Waals surface area contributed by atoms with Gasteiger partial charge in [0.25, 0.3) is 5.91 Å². The van der Waals surface area contributed by atoms with E-state index in [4.69, 9.17) is 4.74 Å². The average molecular weight is 291 g/mol. The van der Waals surface area contributed by atoms with Crippen molar-refractivity contribution in [3.63, 3.8) is 0 Å². The molecular formula is C15H21N3O3. The number of hydrogen-bond donors (Lipinski definition) is 1. The van der Waals surface area contributed by atoms with E-state index in [1.54, 1.807) is 0 Å². The Balaban J connectivity index is 1.98. The van der Waals surface area contributed by atoms with Crippen LogP contribution in [0.5, 0.6) is 0 Å². The Bertz CT molecular complexity index is 484. The van der Waals surface area contributed by atoms with Gasteiger partial charge in [-0.1, -0.05) is 26.7 Å². The monoisotopic (exact) mass is 291 g/mol. The summed E-state index contributed by atoms with van der Waals surface area (Å²) in [5, 5.41) is 2.96. The first-order valence-corrected chi connectivity index (χ1v) is 7.35. The van der Waals surface area contributed by atoms with E-state index in [2.05, 4.69) is 15.3 Å². The highest BCUT2D eigenvalue weighted by Crippen LogP contribution is 2.19. The summed E-state index contributed by atoms with van der Waals surface area (Å²) in [6.45, 7) is 3.70. The Kier molecular flexibility index (Phi) is 5.25. The zero-order valence-corrected chi connectivity index (χ0v) is 12.4. The van der Waals surface area contributed by atoms with Crippen LogP contribution in [0.15, 0.2) is 18.6 Å². The van der Waals surface area contributed by atoms with Gasteiger partial charge >= 0.3 is 5.97 Å². The molecule has 0 radical (unpaired) electrons. The summed E-state index contributed by atoms with van der Waals surface area (Å²) >= 11 is 0. The topological polar surface area (TPSA) is 81.2 Å².